The Morgan fingerprint density at radius 2 is 1.04 bits per heavy atom. The maximum atomic E-state index is 13.0. The third kappa shape index (κ3) is 9.29. The minimum absolute atomic E-state index is 0.164. The molecule has 0 atom stereocenters. The van der Waals surface area contributed by atoms with Crippen LogP contribution in [0.5, 0.6) is 0 Å². The number of hydrogen-bond acceptors (Lipinski definition) is 6. The van der Waals surface area contributed by atoms with Crippen molar-refractivity contribution in [2.75, 3.05) is 12.5 Å². The summed E-state index contributed by atoms with van der Waals surface area (Å²) < 4.78 is 76.2. The number of rotatable bonds is 6. The van der Waals surface area contributed by atoms with Crippen LogP contribution in [0.1, 0.15) is 11.1 Å². The highest BCUT2D eigenvalue weighted by molar-refractivity contribution is 8.76. The molecule has 0 fully saturated rings. The van der Waals surface area contributed by atoms with Crippen molar-refractivity contribution in [3.8, 4) is 0 Å². The minimum Gasteiger partial charge on any atom is -0.207 e. The predicted octanol–water partition coefficient (Wildman–Crippen LogP) is 7.99. The van der Waals surface area contributed by atoms with Crippen LogP contribution in [-0.4, -0.2) is 12.5 Å². The highest BCUT2D eigenvalue weighted by atomic mass is 33.1. The van der Waals surface area contributed by atoms with Crippen molar-refractivity contribution >= 4 is 66.5 Å². The summed E-state index contributed by atoms with van der Waals surface area (Å²) in [6.45, 7) is 0. The first-order valence-corrected chi connectivity index (χ1v) is 14.1. The van der Waals surface area contributed by atoms with Crippen LogP contribution in [0.2, 0.25) is 0 Å². The first kappa shape index (κ1) is 28.1. The lowest BCUT2D eigenvalue weighted by Crippen LogP contribution is -2.05. The average Bonchev–Trinajstić information content (AvgIpc) is 2.72. The number of hydrogen-bond donors (Lipinski definition) is 2. The summed E-state index contributed by atoms with van der Waals surface area (Å²) in [7, 11) is 5.65. The van der Waals surface area contributed by atoms with Gasteiger partial charge in [0.05, 0.1) is 0 Å². The van der Waals surface area contributed by atoms with Crippen molar-refractivity contribution in [1.82, 2.24) is 0 Å². The second kappa shape index (κ2) is 15.9. The van der Waals surface area contributed by atoms with Crippen molar-refractivity contribution in [3.05, 3.63) is 70.3 Å². The second-order valence-corrected chi connectivity index (χ2v) is 9.66. The van der Waals surface area contributed by atoms with E-state index in [4.69, 9.17) is 0 Å². The van der Waals surface area contributed by atoms with E-state index in [1.807, 2.05) is 18.4 Å². The molecule has 0 aliphatic heterocycles. The van der Waals surface area contributed by atoms with Gasteiger partial charge in [0, 0.05) is 17.1 Å². The molecule has 0 spiro atoms. The molecule has 0 radical (unpaired) electrons. The maximum Gasteiger partial charge on any atom is 0.200 e. The Bertz CT molecular complexity index is 685. The molecule has 0 amide bonds. The SMILES string of the molecule is CSSCc1c(F)c(F)c(F)c(F)c1F.CSSCc1ccc(F)cc1.SS. The molecule has 0 bridgehead atoms. The average molecular weight is 515 g/mol. The maximum absolute atomic E-state index is 13.0. The third-order valence-corrected chi connectivity index (χ3v) is 6.33. The van der Waals surface area contributed by atoms with E-state index in [0.29, 0.717) is 0 Å². The van der Waals surface area contributed by atoms with Crippen LogP contribution in [0.3, 0.4) is 0 Å². The van der Waals surface area contributed by atoms with Gasteiger partial charge in [-0.15, -0.1) is 23.3 Å². The van der Waals surface area contributed by atoms with E-state index in [9.17, 15) is 26.3 Å². The first-order valence-electron chi connectivity index (χ1n) is 7.09. The Kier molecular flexibility index (Phi) is 16.0. The van der Waals surface area contributed by atoms with Gasteiger partial charge in [-0.05, 0) is 30.2 Å². The van der Waals surface area contributed by atoms with E-state index >= 15 is 0 Å². The third-order valence-electron chi connectivity index (χ3n) is 2.88. The second-order valence-electron chi connectivity index (χ2n) is 4.53. The van der Waals surface area contributed by atoms with Crippen LogP contribution >= 0.6 is 66.5 Å². The van der Waals surface area contributed by atoms with Gasteiger partial charge in [-0.3, -0.25) is 0 Å². The molecule has 0 N–H and O–H groups in total. The largest absolute Gasteiger partial charge is 0.207 e. The van der Waals surface area contributed by atoms with Gasteiger partial charge < -0.3 is 0 Å². The van der Waals surface area contributed by atoms with Gasteiger partial charge in [0.2, 0.25) is 5.82 Å². The molecule has 0 unspecified atom stereocenters. The fraction of sp³-hybridized carbons (Fsp3) is 0.250. The normalized spacial score (nSPS) is 9.93. The lowest BCUT2D eigenvalue weighted by Gasteiger charge is -2.06. The summed E-state index contributed by atoms with van der Waals surface area (Å²) in [5.41, 5.74) is 0.386. The number of halogens is 6. The van der Waals surface area contributed by atoms with Crippen molar-refractivity contribution in [2.24, 2.45) is 0 Å². The molecule has 0 nitrogen and oxygen atoms in total. The van der Waals surface area contributed by atoms with Crippen molar-refractivity contribution < 1.29 is 26.3 Å². The summed E-state index contributed by atoms with van der Waals surface area (Å²) in [6.07, 6.45) is 3.67. The van der Waals surface area contributed by atoms with E-state index in [1.54, 1.807) is 27.8 Å². The Morgan fingerprint density at radius 3 is 1.46 bits per heavy atom. The Morgan fingerprint density at radius 1 is 0.643 bits per heavy atom. The standard InChI is InChI=1S/C8H5F5S2.C8H9FS2.H2S2/c1-14-15-2-3-4(9)6(11)8(13)7(12)5(3)10;1-10-11-6-7-2-4-8(9)5-3-7;1-2/h2H2,1H3;2-5H,6H2,1H3;1-2H. The summed E-state index contributed by atoms with van der Waals surface area (Å²) >= 11 is 6.44. The zero-order valence-electron chi connectivity index (χ0n) is 14.5. The van der Waals surface area contributed by atoms with Crippen molar-refractivity contribution in [3.63, 3.8) is 0 Å². The quantitative estimate of drug-likeness (QED) is 0.132. The molecule has 0 aliphatic rings. The van der Waals surface area contributed by atoms with E-state index in [1.165, 1.54) is 28.5 Å². The van der Waals surface area contributed by atoms with Crippen LogP contribution < -0.4 is 0 Å². The molecule has 28 heavy (non-hydrogen) atoms. The summed E-state index contributed by atoms with van der Waals surface area (Å²) in [6, 6.07) is 6.63. The van der Waals surface area contributed by atoms with Gasteiger partial charge in [0.15, 0.2) is 23.3 Å². The molecular weight excluding hydrogens is 499 g/mol. The lowest BCUT2D eigenvalue weighted by atomic mass is 10.2. The molecule has 0 aliphatic carbocycles. The molecule has 12 heteroatoms. The van der Waals surface area contributed by atoms with Gasteiger partial charge in [0.1, 0.15) is 5.82 Å². The summed E-state index contributed by atoms with van der Waals surface area (Å²) in [5.74, 6) is -8.92. The zero-order valence-corrected chi connectivity index (χ0v) is 19.6. The minimum atomic E-state index is -2.12. The van der Waals surface area contributed by atoms with Gasteiger partial charge in [0.25, 0.3) is 0 Å². The summed E-state index contributed by atoms with van der Waals surface area (Å²) in [5, 5.41) is 0. The molecular formula is C16H16F6S6. The molecule has 2 aromatic carbocycles. The lowest BCUT2D eigenvalue weighted by molar-refractivity contribution is 0.372. The Hall–Kier alpha value is 0.120. The molecule has 2 aromatic rings. The van der Waals surface area contributed by atoms with Gasteiger partial charge in [-0.1, -0.05) is 55.3 Å². The Balaban J connectivity index is 0.000000497. The molecule has 0 saturated heterocycles. The smallest absolute Gasteiger partial charge is 0.200 e. The fourth-order valence-electron chi connectivity index (χ4n) is 1.60. The molecule has 0 aromatic heterocycles. The summed E-state index contributed by atoms with van der Waals surface area (Å²) in [4.78, 5) is 0. The van der Waals surface area contributed by atoms with Crippen LogP contribution in [-0.2, 0) is 11.5 Å². The Labute approximate surface area is 186 Å². The highest BCUT2D eigenvalue weighted by Crippen LogP contribution is 2.29. The number of thiol groups is 2. The topological polar surface area (TPSA) is 0 Å². The van der Waals surface area contributed by atoms with E-state index in [0.717, 1.165) is 16.5 Å². The van der Waals surface area contributed by atoms with Gasteiger partial charge >= 0.3 is 0 Å². The molecule has 2 rings (SSSR count). The van der Waals surface area contributed by atoms with E-state index in [-0.39, 0.29) is 11.6 Å². The van der Waals surface area contributed by atoms with Crippen LogP contribution in [0.15, 0.2) is 24.3 Å². The zero-order chi connectivity index (χ0) is 21.7. The molecule has 0 heterocycles. The van der Waals surface area contributed by atoms with Crippen LogP contribution in [0, 0.1) is 34.9 Å². The van der Waals surface area contributed by atoms with Crippen molar-refractivity contribution in [2.45, 2.75) is 11.5 Å². The fourth-order valence-corrected chi connectivity index (χ4v) is 4.01. The van der Waals surface area contributed by atoms with E-state index in [2.05, 4.69) is 23.3 Å². The number of benzene rings is 2. The molecule has 158 valence electrons. The predicted molar refractivity (Wildman–Crippen MR) is 120 cm³/mol. The van der Waals surface area contributed by atoms with Gasteiger partial charge in [-0.2, -0.15) is 0 Å². The van der Waals surface area contributed by atoms with Crippen molar-refractivity contribution in [1.29, 1.82) is 0 Å². The van der Waals surface area contributed by atoms with E-state index < -0.39 is 34.6 Å². The van der Waals surface area contributed by atoms with Crippen LogP contribution in [0.4, 0.5) is 26.3 Å². The first-order chi connectivity index (χ1) is 13.3. The van der Waals surface area contributed by atoms with Crippen LogP contribution in [0.25, 0.3) is 0 Å². The highest BCUT2D eigenvalue weighted by Gasteiger charge is 2.25. The monoisotopic (exact) mass is 514 g/mol. The molecule has 0 saturated carbocycles. The van der Waals surface area contributed by atoms with Gasteiger partial charge in [-0.25, -0.2) is 26.3 Å².